The summed E-state index contributed by atoms with van der Waals surface area (Å²) in [5.74, 6) is 0.984. The number of ether oxygens (including phenoxy) is 2. The summed E-state index contributed by atoms with van der Waals surface area (Å²) in [5, 5.41) is 0. The maximum atomic E-state index is 12.6. The lowest BCUT2D eigenvalue weighted by atomic mass is 10.0. The highest BCUT2D eigenvalue weighted by molar-refractivity contribution is 5.78. The van der Waals surface area contributed by atoms with Crippen molar-refractivity contribution in [1.82, 2.24) is 4.90 Å². The number of nitrogens with zero attached hydrogens (tertiary/aromatic N) is 1. The molecule has 5 nitrogen and oxygen atoms in total. The predicted molar refractivity (Wildman–Crippen MR) is 91.5 cm³/mol. The number of carbonyl (C=O) groups excluding carboxylic acids is 2. The third-order valence-electron chi connectivity index (χ3n) is 4.20. The Hall–Kier alpha value is -2.04. The fourth-order valence-electron chi connectivity index (χ4n) is 2.94. The number of methoxy groups -OCH3 is 1. The molecule has 1 aromatic carbocycles. The first kappa shape index (κ1) is 18.3. The average molecular weight is 333 g/mol. The van der Waals surface area contributed by atoms with Crippen LogP contribution in [0.4, 0.5) is 0 Å². The minimum Gasteiger partial charge on any atom is -0.497 e. The third kappa shape index (κ3) is 5.25. The molecule has 0 bridgehead atoms. The first-order valence-electron chi connectivity index (χ1n) is 8.57. The Labute approximate surface area is 143 Å². The molecule has 2 rings (SSSR count). The summed E-state index contributed by atoms with van der Waals surface area (Å²) < 4.78 is 10.2. The molecule has 1 heterocycles. The Morgan fingerprint density at radius 3 is 2.83 bits per heavy atom. The van der Waals surface area contributed by atoms with Crippen molar-refractivity contribution in [2.45, 2.75) is 39.7 Å². The number of rotatable bonds is 8. The number of esters is 1. The molecule has 1 saturated heterocycles. The smallest absolute Gasteiger partial charge is 0.309 e. The third-order valence-corrected chi connectivity index (χ3v) is 4.20. The molecule has 0 N–H and O–H groups in total. The molecule has 0 aromatic heterocycles. The molecule has 1 atom stereocenters. The molecule has 5 heteroatoms. The van der Waals surface area contributed by atoms with E-state index in [0.29, 0.717) is 38.5 Å². The van der Waals surface area contributed by atoms with Crippen molar-refractivity contribution < 1.29 is 19.1 Å². The number of amides is 1. The molecule has 0 saturated carbocycles. The van der Waals surface area contributed by atoms with E-state index in [2.05, 4.69) is 13.8 Å². The van der Waals surface area contributed by atoms with E-state index in [4.69, 9.17) is 9.47 Å². The number of carbonyl (C=O) groups is 2. The van der Waals surface area contributed by atoms with E-state index in [1.54, 1.807) is 7.11 Å². The zero-order valence-electron chi connectivity index (χ0n) is 14.8. The number of benzene rings is 1. The van der Waals surface area contributed by atoms with Gasteiger partial charge in [0.25, 0.3) is 0 Å². The van der Waals surface area contributed by atoms with Crippen LogP contribution in [0.25, 0.3) is 0 Å². The van der Waals surface area contributed by atoms with Crippen LogP contribution < -0.4 is 4.74 Å². The molecule has 24 heavy (non-hydrogen) atoms. The molecule has 1 aliphatic heterocycles. The molecule has 0 aliphatic carbocycles. The van der Waals surface area contributed by atoms with E-state index in [-0.39, 0.29) is 17.8 Å². The number of hydrogen-bond acceptors (Lipinski definition) is 4. The van der Waals surface area contributed by atoms with Crippen LogP contribution in [0.2, 0.25) is 0 Å². The van der Waals surface area contributed by atoms with Crippen LogP contribution in [0.5, 0.6) is 5.75 Å². The Bertz CT molecular complexity index is 570. The van der Waals surface area contributed by atoms with E-state index in [0.717, 1.165) is 17.7 Å². The largest absolute Gasteiger partial charge is 0.497 e. The summed E-state index contributed by atoms with van der Waals surface area (Å²) in [7, 11) is 1.64. The van der Waals surface area contributed by atoms with Gasteiger partial charge in [-0.3, -0.25) is 9.59 Å². The molecule has 0 spiro atoms. The summed E-state index contributed by atoms with van der Waals surface area (Å²) in [6.07, 6.45) is 1.69. The van der Waals surface area contributed by atoms with E-state index >= 15 is 0 Å². The first-order chi connectivity index (χ1) is 11.5. The average Bonchev–Trinajstić information content (AvgIpc) is 2.97. The quantitative estimate of drug-likeness (QED) is 0.686. The zero-order valence-corrected chi connectivity index (χ0v) is 14.8. The van der Waals surface area contributed by atoms with Crippen LogP contribution in [-0.2, 0) is 20.9 Å². The first-order valence-corrected chi connectivity index (χ1v) is 8.57. The van der Waals surface area contributed by atoms with Gasteiger partial charge >= 0.3 is 5.97 Å². The lowest BCUT2D eigenvalue weighted by Crippen LogP contribution is -2.34. The summed E-state index contributed by atoms with van der Waals surface area (Å²) in [6.45, 7) is 5.94. The van der Waals surface area contributed by atoms with Crippen LogP contribution in [-0.4, -0.2) is 37.0 Å². The minimum atomic E-state index is -0.161. The van der Waals surface area contributed by atoms with Gasteiger partial charge in [-0.25, -0.2) is 0 Å². The lowest BCUT2D eigenvalue weighted by Gasteiger charge is -2.25. The van der Waals surface area contributed by atoms with E-state index < -0.39 is 0 Å². The van der Waals surface area contributed by atoms with Crippen LogP contribution in [0.15, 0.2) is 24.3 Å². The Morgan fingerprint density at radius 1 is 1.42 bits per heavy atom. The van der Waals surface area contributed by atoms with Crippen molar-refractivity contribution in [3.05, 3.63) is 29.8 Å². The maximum Gasteiger partial charge on any atom is 0.309 e. The highest BCUT2D eigenvalue weighted by Gasteiger charge is 2.27. The second-order valence-electron chi connectivity index (χ2n) is 6.71. The van der Waals surface area contributed by atoms with Crippen molar-refractivity contribution in [2.24, 2.45) is 11.8 Å². The van der Waals surface area contributed by atoms with Crippen LogP contribution in [0.3, 0.4) is 0 Å². The summed E-state index contributed by atoms with van der Waals surface area (Å²) >= 11 is 0. The second-order valence-corrected chi connectivity index (χ2v) is 6.71. The van der Waals surface area contributed by atoms with Gasteiger partial charge in [-0.05, 0) is 36.5 Å². The molecular formula is C19H27NO4. The summed E-state index contributed by atoms with van der Waals surface area (Å²) in [6, 6.07) is 7.77. The Kier molecular flexibility index (Phi) is 6.64. The maximum absolute atomic E-state index is 12.6. The molecule has 1 fully saturated rings. The van der Waals surface area contributed by atoms with Gasteiger partial charge in [0.2, 0.25) is 5.91 Å². The highest BCUT2D eigenvalue weighted by atomic mass is 16.5. The van der Waals surface area contributed by atoms with Gasteiger partial charge in [0.1, 0.15) is 5.75 Å². The van der Waals surface area contributed by atoms with Crippen molar-refractivity contribution >= 4 is 11.9 Å². The predicted octanol–water partition coefficient (Wildman–Crippen LogP) is 3.02. The van der Waals surface area contributed by atoms with Crippen molar-refractivity contribution in [2.75, 3.05) is 20.3 Å². The van der Waals surface area contributed by atoms with E-state index in [1.807, 2.05) is 29.2 Å². The number of cyclic esters (lactones) is 1. The monoisotopic (exact) mass is 333 g/mol. The summed E-state index contributed by atoms with van der Waals surface area (Å²) in [5.41, 5.74) is 1.05. The van der Waals surface area contributed by atoms with Gasteiger partial charge in [-0.2, -0.15) is 0 Å². The summed E-state index contributed by atoms with van der Waals surface area (Å²) in [4.78, 5) is 26.1. The van der Waals surface area contributed by atoms with Crippen molar-refractivity contribution in [3.8, 4) is 5.75 Å². The topological polar surface area (TPSA) is 55.8 Å². The second kappa shape index (κ2) is 8.71. The van der Waals surface area contributed by atoms with Crippen molar-refractivity contribution in [3.63, 3.8) is 0 Å². The molecule has 1 aliphatic rings. The van der Waals surface area contributed by atoms with Crippen LogP contribution in [0, 0.1) is 11.8 Å². The molecule has 1 amide bonds. The Balaban J connectivity index is 1.97. The standard InChI is InChI=1S/C19H27NO4/c1-14(2)12-20(13-15-5-4-6-17(11-15)23-3)18(21)8-7-16-9-10-24-19(16)22/h4-6,11,14,16H,7-10,12-13H2,1-3H3/t16-/m0/s1. The molecule has 1 aromatic rings. The molecule has 0 unspecified atom stereocenters. The van der Waals surface area contributed by atoms with Gasteiger partial charge in [0.15, 0.2) is 0 Å². The SMILES string of the molecule is COc1cccc(CN(CC(C)C)C(=O)CC[C@H]2CCOC2=O)c1. The fourth-order valence-corrected chi connectivity index (χ4v) is 2.94. The van der Waals surface area contributed by atoms with Gasteiger partial charge < -0.3 is 14.4 Å². The highest BCUT2D eigenvalue weighted by Crippen LogP contribution is 2.21. The normalized spacial score (nSPS) is 17.0. The van der Waals surface area contributed by atoms with E-state index in [1.165, 1.54) is 0 Å². The molecule has 132 valence electrons. The minimum absolute atomic E-state index is 0.0891. The van der Waals surface area contributed by atoms with Gasteiger partial charge in [0.05, 0.1) is 19.6 Å². The Morgan fingerprint density at radius 2 is 2.21 bits per heavy atom. The lowest BCUT2D eigenvalue weighted by molar-refractivity contribution is -0.141. The van der Waals surface area contributed by atoms with Crippen LogP contribution >= 0.6 is 0 Å². The van der Waals surface area contributed by atoms with Crippen LogP contribution in [0.1, 0.15) is 38.7 Å². The number of hydrogen-bond donors (Lipinski definition) is 0. The zero-order chi connectivity index (χ0) is 17.5. The molecule has 0 radical (unpaired) electrons. The van der Waals surface area contributed by atoms with E-state index in [9.17, 15) is 9.59 Å². The van der Waals surface area contributed by atoms with Crippen molar-refractivity contribution in [1.29, 1.82) is 0 Å². The molecular weight excluding hydrogens is 306 g/mol. The van der Waals surface area contributed by atoms with Gasteiger partial charge in [-0.15, -0.1) is 0 Å². The fraction of sp³-hybridized carbons (Fsp3) is 0.579. The van der Waals surface area contributed by atoms with Gasteiger partial charge in [-0.1, -0.05) is 26.0 Å². The van der Waals surface area contributed by atoms with Gasteiger partial charge in [0, 0.05) is 19.5 Å².